The van der Waals surface area contributed by atoms with Gasteiger partial charge in [-0.1, -0.05) is 12.1 Å². The van der Waals surface area contributed by atoms with Crippen LogP contribution in [0.25, 0.3) is 0 Å². The van der Waals surface area contributed by atoms with Gasteiger partial charge in [0.1, 0.15) is 0 Å². The lowest BCUT2D eigenvalue weighted by atomic mass is 10.1. The van der Waals surface area contributed by atoms with E-state index in [1.54, 1.807) is 25.2 Å². The molecule has 1 rings (SSSR count). The van der Waals surface area contributed by atoms with E-state index in [1.807, 2.05) is 0 Å². The number of para-hydroxylation sites is 1. The quantitative estimate of drug-likeness (QED) is 0.702. The van der Waals surface area contributed by atoms with Gasteiger partial charge in [-0.25, -0.2) is 0 Å². The summed E-state index contributed by atoms with van der Waals surface area (Å²) in [5.74, 6) is -0.951. The Bertz CT molecular complexity index is 374. The van der Waals surface area contributed by atoms with Crippen molar-refractivity contribution in [3.8, 4) is 0 Å². The van der Waals surface area contributed by atoms with Gasteiger partial charge < -0.3 is 4.90 Å². The van der Waals surface area contributed by atoms with Gasteiger partial charge >= 0.3 is 0 Å². The number of hydrogen-bond donors (Lipinski definition) is 0. The first-order valence-electron chi connectivity index (χ1n) is 4.13. The van der Waals surface area contributed by atoms with Gasteiger partial charge in [0.05, 0.1) is 11.3 Å². The SMILES string of the molecule is CC(=O)N(C)c1ccccc1C([NH])=O. The summed E-state index contributed by atoms with van der Waals surface area (Å²) in [6.45, 7) is 1.41. The molecule has 0 saturated heterocycles. The number of carbonyl (C=O) groups excluding carboxylic acids is 2. The maximum Gasteiger partial charge on any atom is 0.271 e. The lowest BCUT2D eigenvalue weighted by molar-refractivity contribution is -0.116. The number of carbonyl (C=O) groups is 2. The maximum absolute atomic E-state index is 11.1. The van der Waals surface area contributed by atoms with Crippen molar-refractivity contribution < 1.29 is 9.59 Å². The van der Waals surface area contributed by atoms with Crippen LogP contribution in [0.15, 0.2) is 24.3 Å². The van der Waals surface area contributed by atoms with Gasteiger partial charge in [0.15, 0.2) is 0 Å². The first-order chi connectivity index (χ1) is 6.54. The Kier molecular flexibility index (Phi) is 2.86. The van der Waals surface area contributed by atoms with Crippen molar-refractivity contribution in [1.82, 2.24) is 5.73 Å². The van der Waals surface area contributed by atoms with Crippen molar-refractivity contribution in [1.29, 1.82) is 0 Å². The van der Waals surface area contributed by atoms with Crippen LogP contribution in [0.2, 0.25) is 0 Å². The van der Waals surface area contributed by atoms with Crippen LogP contribution >= 0.6 is 0 Å². The molecule has 2 amide bonds. The fourth-order valence-corrected chi connectivity index (χ4v) is 1.13. The summed E-state index contributed by atoms with van der Waals surface area (Å²) in [6, 6.07) is 6.56. The van der Waals surface area contributed by atoms with Crippen molar-refractivity contribution in [3.63, 3.8) is 0 Å². The number of nitrogens with one attached hydrogen (secondary N) is 1. The minimum atomic E-state index is -0.784. The van der Waals surface area contributed by atoms with Gasteiger partial charge in [-0.2, -0.15) is 0 Å². The molecule has 4 nitrogen and oxygen atoms in total. The molecule has 14 heavy (non-hydrogen) atoms. The van der Waals surface area contributed by atoms with Gasteiger partial charge in [0, 0.05) is 14.0 Å². The van der Waals surface area contributed by atoms with Crippen LogP contribution in [-0.2, 0) is 4.79 Å². The zero-order valence-corrected chi connectivity index (χ0v) is 8.07. The standard InChI is InChI=1S/C10H11N2O2/c1-7(13)12(2)9-6-4-3-5-8(9)10(11)14/h3-6,11H,1-2H3. The van der Waals surface area contributed by atoms with Crippen LogP contribution in [0.4, 0.5) is 5.69 Å². The number of anilines is 1. The third-order valence-corrected chi connectivity index (χ3v) is 1.98. The molecule has 0 heterocycles. The summed E-state index contributed by atoms with van der Waals surface area (Å²) in [4.78, 5) is 23.3. The molecule has 0 fully saturated rings. The molecular formula is C10H11N2O2. The second-order valence-electron chi connectivity index (χ2n) is 2.92. The minimum Gasteiger partial charge on any atom is -0.315 e. The highest BCUT2D eigenvalue weighted by atomic mass is 16.2. The van der Waals surface area contributed by atoms with Crippen LogP contribution in [0.3, 0.4) is 0 Å². The molecule has 0 spiro atoms. The van der Waals surface area contributed by atoms with E-state index in [0.29, 0.717) is 5.69 Å². The Morgan fingerprint density at radius 2 is 1.86 bits per heavy atom. The second kappa shape index (κ2) is 3.91. The van der Waals surface area contributed by atoms with E-state index in [2.05, 4.69) is 0 Å². The van der Waals surface area contributed by atoms with Gasteiger partial charge in [-0.05, 0) is 12.1 Å². The fourth-order valence-electron chi connectivity index (χ4n) is 1.13. The van der Waals surface area contributed by atoms with Crippen molar-refractivity contribution >= 4 is 17.5 Å². The second-order valence-corrected chi connectivity index (χ2v) is 2.92. The molecule has 0 bridgehead atoms. The Morgan fingerprint density at radius 3 is 2.36 bits per heavy atom. The van der Waals surface area contributed by atoms with E-state index in [4.69, 9.17) is 5.73 Å². The van der Waals surface area contributed by atoms with E-state index in [1.165, 1.54) is 17.9 Å². The summed E-state index contributed by atoms with van der Waals surface area (Å²) in [5.41, 5.74) is 7.73. The largest absolute Gasteiger partial charge is 0.315 e. The monoisotopic (exact) mass is 191 g/mol. The Labute approximate surface area is 82.3 Å². The normalized spacial score (nSPS) is 9.57. The molecule has 0 saturated carbocycles. The molecule has 0 aromatic heterocycles. The zero-order valence-electron chi connectivity index (χ0n) is 8.07. The van der Waals surface area contributed by atoms with Crippen LogP contribution < -0.4 is 10.6 Å². The molecule has 4 heteroatoms. The molecule has 1 radical (unpaired) electrons. The number of rotatable bonds is 2. The molecule has 1 N–H and O–H groups in total. The summed E-state index contributed by atoms with van der Waals surface area (Å²) in [6.07, 6.45) is 0. The number of amides is 2. The highest BCUT2D eigenvalue weighted by Gasteiger charge is 2.13. The first kappa shape index (κ1) is 10.2. The van der Waals surface area contributed by atoms with E-state index in [9.17, 15) is 9.59 Å². The Morgan fingerprint density at radius 1 is 1.29 bits per heavy atom. The van der Waals surface area contributed by atoms with Gasteiger partial charge in [0.25, 0.3) is 5.91 Å². The third kappa shape index (κ3) is 1.90. The molecule has 1 aromatic carbocycles. The molecular weight excluding hydrogens is 180 g/mol. The average molecular weight is 191 g/mol. The van der Waals surface area contributed by atoms with Gasteiger partial charge in [0.2, 0.25) is 5.91 Å². The van der Waals surface area contributed by atoms with Gasteiger partial charge in [-0.3, -0.25) is 15.3 Å². The number of nitrogens with zero attached hydrogens (tertiary/aromatic N) is 1. The summed E-state index contributed by atoms with van der Waals surface area (Å²) in [5, 5.41) is 0. The van der Waals surface area contributed by atoms with Crippen LogP contribution in [0.1, 0.15) is 17.3 Å². The fraction of sp³-hybridized carbons (Fsp3) is 0.200. The smallest absolute Gasteiger partial charge is 0.271 e. The lowest BCUT2D eigenvalue weighted by Crippen LogP contribution is -2.25. The van der Waals surface area contributed by atoms with Crippen LogP contribution in [0.5, 0.6) is 0 Å². The summed E-state index contributed by atoms with van der Waals surface area (Å²) in [7, 11) is 1.57. The molecule has 1 aromatic rings. The van der Waals surface area contributed by atoms with Crippen molar-refractivity contribution in [2.24, 2.45) is 0 Å². The maximum atomic E-state index is 11.1. The Balaban J connectivity index is 3.19. The Hall–Kier alpha value is -1.84. The predicted molar refractivity (Wildman–Crippen MR) is 53.0 cm³/mol. The van der Waals surface area contributed by atoms with Crippen LogP contribution in [-0.4, -0.2) is 18.9 Å². The first-order valence-corrected chi connectivity index (χ1v) is 4.13. The lowest BCUT2D eigenvalue weighted by Gasteiger charge is -2.17. The van der Waals surface area contributed by atoms with Crippen molar-refractivity contribution in [2.75, 3.05) is 11.9 Å². The highest BCUT2D eigenvalue weighted by Crippen LogP contribution is 2.18. The number of hydrogen-bond acceptors (Lipinski definition) is 2. The molecule has 0 aliphatic heterocycles. The molecule has 73 valence electrons. The summed E-state index contributed by atoms with van der Waals surface area (Å²) >= 11 is 0. The van der Waals surface area contributed by atoms with Crippen LogP contribution in [0, 0.1) is 0 Å². The molecule has 0 aliphatic carbocycles. The zero-order chi connectivity index (χ0) is 10.7. The highest BCUT2D eigenvalue weighted by molar-refractivity contribution is 6.02. The van der Waals surface area contributed by atoms with E-state index in [-0.39, 0.29) is 11.5 Å². The molecule has 0 unspecified atom stereocenters. The number of benzene rings is 1. The third-order valence-electron chi connectivity index (χ3n) is 1.98. The molecule has 0 atom stereocenters. The topological polar surface area (TPSA) is 61.2 Å². The van der Waals surface area contributed by atoms with E-state index < -0.39 is 5.91 Å². The molecule has 0 aliphatic rings. The average Bonchev–Trinajstić information content (AvgIpc) is 2.16. The predicted octanol–water partition coefficient (Wildman–Crippen LogP) is 1.09. The van der Waals surface area contributed by atoms with E-state index >= 15 is 0 Å². The van der Waals surface area contributed by atoms with Gasteiger partial charge in [-0.15, -0.1) is 0 Å². The van der Waals surface area contributed by atoms with Crippen molar-refractivity contribution in [2.45, 2.75) is 6.92 Å². The summed E-state index contributed by atoms with van der Waals surface area (Å²) < 4.78 is 0. The van der Waals surface area contributed by atoms with Crippen molar-refractivity contribution in [3.05, 3.63) is 29.8 Å². The van der Waals surface area contributed by atoms with E-state index in [0.717, 1.165) is 0 Å². The minimum absolute atomic E-state index is 0.168.